The standard InChI is InChI=1S/C24H30O6/c1-21-7-4-14(25)10-13(21)11-15(20(27)28-3)19-16-5-8-23(9-6-18(26)30-23)22(16,2)12-17-24(19,21)29-17/h10,15-17,19H,4-9,11-12H2,1-3H3/t15?,16?,17?,19?,21?,22?,23-,24?/m0/s1. The van der Waals surface area contributed by atoms with Crippen molar-refractivity contribution in [3.8, 4) is 0 Å². The third kappa shape index (κ3) is 1.94. The van der Waals surface area contributed by atoms with Gasteiger partial charge in [-0.2, -0.15) is 0 Å². The van der Waals surface area contributed by atoms with E-state index in [1.165, 1.54) is 7.11 Å². The predicted octanol–water partition coefficient (Wildman–Crippen LogP) is 3.12. The third-order valence-electron chi connectivity index (χ3n) is 10.2. The number of carbonyl (C=O) groups excluding carboxylic acids is 3. The summed E-state index contributed by atoms with van der Waals surface area (Å²) in [6.45, 7) is 4.51. The Morgan fingerprint density at radius 2 is 1.97 bits per heavy atom. The van der Waals surface area contributed by atoms with Gasteiger partial charge in [-0.05, 0) is 50.5 Å². The molecule has 0 N–H and O–H groups in total. The Hall–Kier alpha value is -1.69. The van der Waals surface area contributed by atoms with Gasteiger partial charge in [0.25, 0.3) is 0 Å². The van der Waals surface area contributed by atoms with E-state index in [0.717, 1.165) is 37.7 Å². The van der Waals surface area contributed by atoms with Crippen LogP contribution in [0, 0.1) is 28.6 Å². The lowest BCUT2D eigenvalue weighted by Crippen LogP contribution is -2.63. The molecule has 0 aromatic heterocycles. The zero-order valence-electron chi connectivity index (χ0n) is 18.0. The van der Waals surface area contributed by atoms with Gasteiger partial charge >= 0.3 is 11.9 Å². The van der Waals surface area contributed by atoms with E-state index in [4.69, 9.17) is 14.2 Å². The summed E-state index contributed by atoms with van der Waals surface area (Å²) < 4.78 is 17.9. The fourth-order valence-electron chi connectivity index (χ4n) is 8.69. The number of epoxide rings is 1. The number of methoxy groups -OCH3 is 1. The summed E-state index contributed by atoms with van der Waals surface area (Å²) >= 11 is 0. The molecule has 7 unspecified atom stereocenters. The number of carbonyl (C=O) groups is 3. The van der Waals surface area contributed by atoms with Crippen LogP contribution in [0.5, 0.6) is 0 Å². The van der Waals surface area contributed by atoms with Crippen molar-refractivity contribution in [3.05, 3.63) is 11.6 Å². The molecule has 2 spiro atoms. The molecular weight excluding hydrogens is 384 g/mol. The monoisotopic (exact) mass is 414 g/mol. The van der Waals surface area contributed by atoms with E-state index in [2.05, 4.69) is 13.8 Å². The van der Waals surface area contributed by atoms with Crippen molar-refractivity contribution in [2.24, 2.45) is 28.6 Å². The molecule has 0 bridgehead atoms. The lowest BCUT2D eigenvalue weighted by atomic mass is 9.43. The summed E-state index contributed by atoms with van der Waals surface area (Å²) in [7, 11) is 1.45. The second-order valence-corrected chi connectivity index (χ2v) is 11.0. The quantitative estimate of drug-likeness (QED) is 0.484. The highest BCUT2D eigenvalue weighted by atomic mass is 16.6. The van der Waals surface area contributed by atoms with E-state index in [1.807, 2.05) is 0 Å². The average molecular weight is 414 g/mol. The van der Waals surface area contributed by atoms with Crippen molar-refractivity contribution < 1.29 is 28.6 Å². The van der Waals surface area contributed by atoms with E-state index in [9.17, 15) is 14.4 Å². The Balaban J connectivity index is 1.49. The fraction of sp³-hybridized carbons (Fsp3) is 0.792. The SMILES string of the molecule is COC(=O)C1CC2=CC(=O)CCC2(C)C23OC2CC2(C)C(CC[C@]24CCC(=O)O4)C13. The van der Waals surface area contributed by atoms with Crippen molar-refractivity contribution in [3.63, 3.8) is 0 Å². The third-order valence-corrected chi connectivity index (χ3v) is 10.2. The van der Waals surface area contributed by atoms with Crippen LogP contribution in [0.1, 0.15) is 65.2 Å². The normalized spacial score (nSPS) is 53.2. The lowest BCUT2D eigenvalue weighted by molar-refractivity contribution is -0.172. The molecule has 6 heteroatoms. The molecule has 6 aliphatic rings. The van der Waals surface area contributed by atoms with E-state index in [1.54, 1.807) is 6.08 Å². The lowest BCUT2D eigenvalue weighted by Gasteiger charge is -2.58. The van der Waals surface area contributed by atoms with E-state index < -0.39 is 11.2 Å². The molecular formula is C24H30O6. The van der Waals surface area contributed by atoms with Gasteiger partial charge in [0.15, 0.2) is 5.78 Å². The minimum atomic E-state index is -0.424. The molecule has 2 saturated heterocycles. The number of ketones is 1. The maximum Gasteiger partial charge on any atom is 0.309 e. The van der Waals surface area contributed by atoms with Crippen molar-refractivity contribution in [1.29, 1.82) is 0 Å². The molecule has 2 aliphatic heterocycles. The topological polar surface area (TPSA) is 82.2 Å². The summed E-state index contributed by atoms with van der Waals surface area (Å²) in [5, 5.41) is 0. The van der Waals surface area contributed by atoms with Gasteiger partial charge in [-0.15, -0.1) is 0 Å². The van der Waals surface area contributed by atoms with Crippen LogP contribution in [0.15, 0.2) is 11.6 Å². The van der Waals surface area contributed by atoms with Gasteiger partial charge in [0.2, 0.25) is 0 Å². The first-order valence-electron chi connectivity index (χ1n) is 11.4. The Labute approximate surface area is 176 Å². The number of hydrogen-bond acceptors (Lipinski definition) is 6. The number of ether oxygens (including phenoxy) is 3. The molecule has 4 aliphatic carbocycles. The molecule has 162 valence electrons. The average Bonchev–Trinajstić information content (AvgIpc) is 3.20. The Morgan fingerprint density at radius 3 is 2.67 bits per heavy atom. The fourth-order valence-corrected chi connectivity index (χ4v) is 8.69. The van der Waals surface area contributed by atoms with Crippen molar-refractivity contribution in [1.82, 2.24) is 0 Å². The first-order chi connectivity index (χ1) is 14.2. The molecule has 8 atom stereocenters. The Morgan fingerprint density at radius 1 is 1.17 bits per heavy atom. The second-order valence-electron chi connectivity index (χ2n) is 11.0. The van der Waals surface area contributed by atoms with Crippen LogP contribution >= 0.6 is 0 Å². The Kier molecular flexibility index (Phi) is 3.53. The van der Waals surface area contributed by atoms with Crippen molar-refractivity contribution in [2.75, 3.05) is 7.11 Å². The minimum Gasteiger partial charge on any atom is -0.469 e. The van der Waals surface area contributed by atoms with Crippen molar-refractivity contribution >= 4 is 17.7 Å². The predicted molar refractivity (Wildman–Crippen MR) is 105 cm³/mol. The van der Waals surface area contributed by atoms with E-state index in [-0.39, 0.29) is 52.4 Å². The van der Waals surface area contributed by atoms with Gasteiger partial charge < -0.3 is 14.2 Å². The van der Waals surface area contributed by atoms with Crippen LogP contribution in [-0.4, -0.2) is 42.1 Å². The molecule has 6 nitrogen and oxygen atoms in total. The number of esters is 2. The highest BCUT2D eigenvalue weighted by Gasteiger charge is 2.83. The molecule has 2 heterocycles. The second kappa shape index (κ2) is 5.56. The highest BCUT2D eigenvalue weighted by Crippen LogP contribution is 2.78. The number of hydrogen-bond donors (Lipinski definition) is 0. The molecule has 0 radical (unpaired) electrons. The van der Waals surface area contributed by atoms with E-state index in [0.29, 0.717) is 19.3 Å². The summed E-state index contributed by atoms with van der Waals surface area (Å²) in [4.78, 5) is 37.4. The molecule has 0 aromatic carbocycles. The van der Waals surface area contributed by atoms with Gasteiger partial charge in [0.1, 0.15) is 11.2 Å². The minimum absolute atomic E-state index is 0.0303. The van der Waals surface area contributed by atoms with Crippen LogP contribution in [0.4, 0.5) is 0 Å². The van der Waals surface area contributed by atoms with Gasteiger partial charge in [-0.3, -0.25) is 14.4 Å². The summed E-state index contributed by atoms with van der Waals surface area (Å²) in [6, 6.07) is 0. The van der Waals surface area contributed by atoms with Gasteiger partial charge in [-0.25, -0.2) is 0 Å². The van der Waals surface area contributed by atoms with Crippen LogP contribution in [-0.2, 0) is 28.6 Å². The maximum atomic E-state index is 13.0. The maximum absolute atomic E-state index is 13.0. The summed E-state index contributed by atoms with van der Waals surface area (Å²) in [6.07, 6.45) is 7.61. The summed E-state index contributed by atoms with van der Waals surface area (Å²) in [5.41, 5.74) is -0.175. The molecule has 6 rings (SSSR count). The van der Waals surface area contributed by atoms with Gasteiger partial charge in [0.05, 0.1) is 19.1 Å². The highest BCUT2D eigenvalue weighted by molar-refractivity contribution is 5.92. The van der Waals surface area contributed by atoms with Crippen LogP contribution in [0.2, 0.25) is 0 Å². The van der Waals surface area contributed by atoms with E-state index >= 15 is 0 Å². The molecule has 3 saturated carbocycles. The molecule has 30 heavy (non-hydrogen) atoms. The van der Waals surface area contributed by atoms with Crippen LogP contribution in [0.3, 0.4) is 0 Å². The smallest absolute Gasteiger partial charge is 0.309 e. The van der Waals surface area contributed by atoms with Gasteiger partial charge in [0, 0.05) is 29.6 Å². The zero-order chi connectivity index (χ0) is 21.1. The first kappa shape index (κ1) is 19.0. The molecule has 5 fully saturated rings. The number of fused-ring (bicyclic) bond motifs is 4. The summed E-state index contributed by atoms with van der Waals surface area (Å²) in [5.74, 6) is -0.201. The molecule has 0 amide bonds. The van der Waals surface area contributed by atoms with Crippen LogP contribution < -0.4 is 0 Å². The largest absolute Gasteiger partial charge is 0.469 e. The first-order valence-corrected chi connectivity index (χ1v) is 11.4. The molecule has 0 aromatic rings. The van der Waals surface area contributed by atoms with Gasteiger partial charge in [-0.1, -0.05) is 19.4 Å². The van der Waals surface area contributed by atoms with Crippen molar-refractivity contribution in [2.45, 2.75) is 82.5 Å². The van der Waals surface area contributed by atoms with Crippen LogP contribution in [0.25, 0.3) is 0 Å². The Bertz CT molecular complexity index is 907. The zero-order valence-corrected chi connectivity index (χ0v) is 18.0. The number of rotatable bonds is 1.